The lowest BCUT2D eigenvalue weighted by Crippen LogP contribution is -2.60. The highest BCUT2D eigenvalue weighted by Gasteiger charge is 2.41. The summed E-state index contributed by atoms with van der Waals surface area (Å²) in [6.07, 6.45) is 6.58. The van der Waals surface area contributed by atoms with E-state index in [1.54, 1.807) is 13.3 Å². The monoisotopic (exact) mass is 489 g/mol. The summed E-state index contributed by atoms with van der Waals surface area (Å²) in [4.78, 5) is 30.9. The number of likely N-dealkylation sites (N-methyl/N-ethyl adjacent to an activating group) is 1. The van der Waals surface area contributed by atoms with E-state index in [1.165, 1.54) is 0 Å². The van der Waals surface area contributed by atoms with Gasteiger partial charge in [-0.2, -0.15) is 5.10 Å². The van der Waals surface area contributed by atoms with Crippen LogP contribution in [0.2, 0.25) is 0 Å². The zero-order valence-corrected chi connectivity index (χ0v) is 21.3. The van der Waals surface area contributed by atoms with Crippen LogP contribution in [0, 0.1) is 0 Å². The number of benzene rings is 2. The number of nitrogens with zero attached hydrogens (tertiary/aromatic N) is 4. The number of methoxy groups -OCH3 is 1. The molecule has 2 heterocycles. The van der Waals surface area contributed by atoms with Crippen molar-refractivity contribution in [1.29, 1.82) is 0 Å². The van der Waals surface area contributed by atoms with Crippen molar-refractivity contribution in [3.8, 4) is 16.9 Å². The van der Waals surface area contributed by atoms with Gasteiger partial charge in [-0.25, -0.2) is 0 Å². The minimum atomic E-state index is -0.409. The van der Waals surface area contributed by atoms with Crippen LogP contribution in [0.4, 0.5) is 5.69 Å². The lowest BCUT2D eigenvalue weighted by atomic mass is 9.84. The van der Waals surface area contributed by atoms with Crippen molar-refractivity contribution < 1.29 is 14.3 Å². The highest BCUT2D eigenvalue weighted by Crippen LogP contribution is 2.33. The number of amides is 2. The molecule has 0 atom stereocenters. The van der Waals surface area contributed by atoms with Crippen LogP contribution in [0.25, 0.3) is 11.1 Å². The number of anilines is 1. The molecule has 2 aromatic carbocycles. The average molecular weight is 490 g/mol. The van der Waals surface area contributed by atoms with E-state index in [4.69, 9.17) is 4.74 Å². The van der Waals surface area contributed by atoms with Gasteiger partial charge in [0.05, 0.1) is 18.8 Å². The Labute approximate surface area is 212 Å². The predicted octanol–water partition coefficient (Wildman–Crippen LogP) is 3.95. The van der Waals surface area contributed by atoms with Crippen LogP contribution in [0.15, 0.2) is 60.9 Å². The molecule has 1 aromatic heterocycles. The van der Waals surface area contributed by atoms with Crippen LogP contribution in [0.1, 0.15) is 31.7 Å². The molecule has 3 aromatic rings. The molecule has 190 valence electrons. The van der Waals surface area contributed by atoms with Gasteiger partial charge in [0.15, 0.2) is 0 Å². The number of piperidine rings is 1. The number of hydrogen-bond acceptors (Lipinski definition) is 5. The molecule has 1 N–H and O–H groups in total. The maximum atomic E-state index is 12.5. The number of rotatable bonds is 10. The number of nitrogens with one attached hydrogen (secondary N) is 1. The van der Waals surface area contributed by atoms with Gasteiger partial charge in [0.25, 0.3) is 0 Å². The molecular formula is C28H35N5O3. The molecule has 1 aliphatic rings. The molecule has 1 fully saturated rings. The highest BCUT2D eigenvalue weighted by molar-refractivity contribution is 5.76. The number of hydrogen-bond donors (Lipinski definition) is 1. The Balaban J connectivity index is 1.57. The SMILES string of the molecule is CCC(=O)N1CCC(CN(C)c2ccc(-c3cn[nH]c3)cc2)(N(C=O)Cc2cccc(OC)c2)CC1. The van der Waals surface area contributed by atoms with Crippen LogP contribution in [0.5, 0.6) is 5.75 Å². The maximum Gasteiger partial charge on any atom is 0.222 e. The number of carbonyl (C=O) groups is 2. The van der Waals surface area contributed by atoms with Gasteiger partial charge in [0.2, 0.25) is 12.3 Å². The summed E-state index contributed by atoms with van der Waals surface area (Å²) in [5.41, 5.74) is 3.81. The summed E-state index contributed by atoms with van der Waals surface area (Å²) in [5.74, 6) is 0.933. The van der Waals surface area contributed by atoms with Gasteiger partial charge in [0, 0.05) is 57.1 Å². The standard InChI is InChI=1S/C28H35N5O3/c1-4-27(35)32-14-12-28(13-15-32,33(21-34)19-22-6-5-7-26(16-22)36-3)20-31(2)25-10-8-23(9-11-25)24-17-29-30-18-24/h5-11,16-18,21H,4,12-15,19-20H2,1-3H3,(H,29,30). The van der Waals surface area contributed by atoms with Crippen LogP contribution in [-0.2, 0) is 16.1 Å². The van der Waals surface area contributed by atoms with Crippen molar-refractivity contribution in [2.45, 2.75) is 38.3 Å². The van der Waals surface area contributed by atoms with Crippen LogP contribution in [0.3, 0.4) is 0 Å². The van der Waals surface area contributed by atoms with E-state index < -0.39 is 5.54 Å². The fraction of sp³-hybridized carbons (Fsp3) is 0.393. The smallest absolute Gasteiger partial charge is 0.222 e. The Kier molecular flexibility index (Phi) is 7.93. The van der Waals surface area contributed by atoms with Crippen molar-refractivity contribution in [1.82, 2.24) is 20.0 Å². The van der Waals surface area contributed by atoms with Crippen molar-refractivity contribution in [2.75, 3.05) is 38.7 Å². The number of aromatic amines is 1. The topological polar surface area (TPSA) is 81.8 Å². The number of aromatic nitrogens is 2. The Morgan fingerprint density at radius 2 is 1.92 bits per heavy atom. The van der Waals surface area contributed by atoms with Gasteiger partial charge in [-0.3, -0.25) is 14.7 Å². The Bertz CT molecular complexity index is 1140. The summed E-state index contributed by atoms with van der Waals surface area (Å²) in [6, 6.07) is 16.2. The lowest BCUT2D eigenvalue weighted by Gasteiger charge is -2.49. The van der Waals surface area contributed by atoms with Crippen molar-refractivity contribution in [2.24, 2.45) is 0 Å². The second kappa shape index (κ2) is 11.3. The van der Waals surface area contributed by atoms with Crippen molar-refractivity contribution in [3.63, 3.8) is 0 Å². The Morgan fingerprint density at radius 3 is 2.53 bits per heavy atom. The maximum absolute atomic E-state index is 12.5. The molecule has 1 saturated heterocycles. The zero-order valence-electron chi connectivity index (χ0n) is 21.3. The van der Waals surface area contributed by atoms with Gasteiger partial charge in [-0.1, -0.05) is 31.2 Å². The highest BCUT2D eigenvalue weighted by atomic mass is 16.5. The second-order valence-electron chi connectivity index (χ2n) is 9.43. The first-order valence-electron chi connectivity index (χ1n) is 12.4. The van der Waals surface area contributed by atoms with Gasteiger partial charge in [-0.15, -0.1) is 0 Å². The fourth-order valence-electron chi connectivity index (χ4n) is 5.07. The lowest BCUT2D eigenvalue weighted by molar-refractivity contribution is -0.135. The number of likely N-dealkylation sites (tertiary alicyclic amines) is 1. The normalized spacial score (nSPS) is 14.8. The molecule has 0 spiro atoms. The van der Waals surface area contributed by atoms with Gasteiger partial charge >= 0.3 is 0 Å². The van der Waals surface area contributed by atoms with E-state index >= 15 is 0 Å². The molecule has 8 nitrogen and oxygen atoms in total. The molecule has 0 radical (unpaired) electrons. The third-order valence-corrected chi connectivity index (χ3v) is 7.24. The summed E-state index contributed by atoms with van der Waals surface area (Å²) < 4.78 is 5.39. The van der Waals surface area contributed by atoms with Crippen molar-refractivity contribution >= 4 is 18.0 Å². The quantitative estimate of drug-likeness (QED) is 0.436. The van der Waals surface area contributed by atoms with E-state index in [2.05, 4.69) is 46.4 Å². The summed E-state index contributed by atoms with van der Waals surface area (Å²) in [7, 11) is 3.71. The largest absolute Gasteiger partial charge is 0.497 e. The Morgan fingerprint density at radius 1 is 1.17 bits per heavy atom. The molecule has 0 unspecified atom stereocenters. The van der Waals surface area contributed by atoms with E-state index in [0.717, 1.165) is 47.4 Å². The number of carbonyl (C=O) groups excluding carboxylic acids is 2. The summed E-state index contributed by atoms with van der Waals surface area (Å²) >= 11 is 0. The zero-order chi connectivity index (χ0) is 25.5. The second-order valence-corrected chi connectivity index (χ2v) is 9.43. The van der Waals surface area contributed by atoms with E-state index in [1.807, 2.05) is 47.2 Å². The average Bonchev–Trinajstić information content (AvgIpc) is 3.47. The molecule has 1 aliphatic heterocycles. The van der Waals surface area contributed by atoms with Crippen LogP contribution >= 0.6 is 0 Å². The van der Waals surface area contributed by atoms with E-state index in [9.17, 15) is 9.59 Å². The number of H-pyrrole nitrogens is 1. The first kappa shape index (κ1) is 25.3. The van der Waals surface area contributed by atoms with Crippen LogP contribution in [-0.4, -0.2) is 71.6 Å². The van der Waals surface area contributed by atoms with E-state index in [0.29, 0.717) is 32.6 Å². The first-order chi connectivity index (χ1) is 17.5. The third kappa shape index (κ3) is 5.53. The van der Waals surface area contributed by atoms with Gasteiger partial charge in [0.1, 0.15) is 5.75 Å². The minimum Gasteiger partial charge on any atom is -0.497 e. The molecule has 0 saturated carbocycles. The molecule has 8 heteroatoms. The Hall–Kier alpha value is -3.81. The molecule has 2 amide bonds. The van der Waals surface area contributed by atoms with E-state index in [-0.39, 0.29) is 5.91 Å². The summed E-state index contributed by atoms with van der Waals surface area (Å²) in [6.45, 7) is 4.32. The molecule has 36 heavy (non-hydrogen) atoms. The molecular weight excluding hydrogens is 454 g/mol. The van der Waals surface area contributed by atoms with Gasteiger partial charge < -0.3 is 19.4 Å². The molecule has 4 rings (SSSR count). The van der Waals surface area contributed by atoms with Crippen LogP contribution < -0.4 is 9.64 Å². The minimum absolute atomic E-state index is 0.164. The predicted molar refractivity (Wildman–Crippen MR) is 141 cm³/mol. The molecule has 0 aliphatic carbocycles. The number of ether oxygens (including phenoxy) is 1. The van der Waals surface area contributed by atoms with Crippen molar-refractivity contribution in [3.05, 3.63) is 66.5 Å². The summed E-state index contributed by atoms with van der Waals surface area (Å²) in [5, 5.41) is 6.88. The third-order valence-electron chi connectivity index (χ3n) is 7.24. The fourth-order valence-corrected chi connectivity index (χ4v) is 5.07. The first-order valence-corrected chi connectivity index (χ1v) is 12.4. The van der Waals surface area contributed by atoms with Gasteiger partial charge in [-0.05, 0) is 48.2 Å². The molecule has 0 bridgehead atoms.